The second kappa shape index (κ2) is 6.98. The molecule has 9 heteroatoms. The lowest BCUT2D eigenvalue weighted by atomic mass is 9.70. The van der Waals surface area contributed by atoms with E-state index in [1.54, 1.807) is 25.7 Å². The molecule has 0 aromatic rings. The standard InChI is InChI=1S/C17H26BrN3O4S/c1-7(2)20-15(24)13-17-5-9(18)12(26-17)10(14(23)19-4)11(17)16(25)21(13)8(3)6-22/h7-13,22H,5-6H2,1-4H3,(H,19,23)(H,20,24)/t8-,9?,10-,11+,12-,13?,17?/m1/s1. The van der Waals surface area contributed by atoms with E-state index < -0.39 is 28.7 Å². The summed E-state index contributed by atoms with van der Waals surface area (Å²) in [5, 5.41) is 15.3. The number of fused-ring (bicyclic) bond motifs is 1. The van der Waals surface area contributed by atoms with Gasteiger partial charge >= 0.3 is 0 Å². The minimum absolute atomic E-state index is 0.0372. The molecule has 3 aliphatic rings. The number of alkyl halides is 1. The van der Waals surface area contributed by atoms with Crippen molar-refractivity contribution >= 4 is 45.4 Å². The Kier molecular flexibility index (Phi) is 5.35. The Balaban J connectivity index is 2.08. The van der Waals surface area contributed by atoms with Gasteiger partial charge in [-0.15, -0.1) is 11.8 Å². The maximum Gasteiger partial charge on any atom is 0.244 e. The van der Waals surface area contributed by atoms with Crippen LogP contribution in [-0.4, -0.2) is 74.3 Å². The summed E-state index contributed by atoms with van der Waals surface area (Å²) >= 11 is 5.27. The molecule has 0 aromatic carbocycles. The monoisotopic (exact) mass is 447 g/mol. The molecule has 0 saturated carbocycles. The summed E-state index contributed by atoms with van der Waals surface area (Å²) in [5.74, 6) is -1.57. The second-order valence-corrected chi connectivity index (χ2v) is 10.4. The third kappa shape index (κ3) is 2.69. The Labute approximate surface area is 166 Å². The Morgan fingerprint density at radius 1 is 1.38 bits per heavy atom. The number of rotatable bonds is 5. The van der Waals surface area contributed by atoms with Crippen molar-refractivity contribution < 1.29 is 19.5 Å². The van der Waals surface area contributed by atoms with E-state index >= 15 is 0 Å². The maximum absolute atomic E-state index is 13.3. The highest BCUT2D eigenvalue weighted by Crippen LogP contribution is 2.67. The van der Waals surface area contributed by atoms with Gasteiger partial charge in [0.2, 0.25) is 17.7 Å². The SMILES string of the molecule is CNC(=O)[C@H]1[C@@H]2SC3(CC2Br)C(C(=O)NC(C)C)N([C@H](C)CO)C(=O)[C@H]13. The van der Waals surface area contributed by atoms with Gasteiger partial charge in [0.15, 0.2) is 0 Å². The van der Waals surface area contributed by atoms with Crippen LogP contribution in [0.25, 0.3) is 0 Å². The van der Waals surface area contributed by atoms with Gasteiger partial charge in [-0.1, -0.05) is 15.9 Å². The predicted octanol–water partition coefficient (Wildman–Crippen LogP) is 0.102. The highest BCUT2D eigenvalue weighted by molar-refractivity contribution is 9.09. The molecule has 3 aliphatic heterocycles. The fraction of sp³-hybridized carbons (Fsp3) is 0.824. The lowest BCUT2D eigenvalue weighted by molar-refractivity contribution is -0.142. The number of hydrogen-bond acceptors (Lipinski definition) is 5. The third-order valence-corrected chi connectivity index (χ3v) is 8.91. The van der Waals surface area contributed by atoms with Gasteiger partial charge in [-0.2, -0.15) is 0 Å². The number of carbonyl (C=O) groups is 3. The molecule has 146 valence electrons. The molecule has 3 N–H and O–H groups in total. The molecule has 3 amide bonds. The van der Waals surface area contributed by atoms with Crippen molar-refractivity contribution in [1.29, 1.82) is 0 Å². The lowest BCUT2D eigenvalue weighted by Crippen LogP contribution is -2.57. The maximum atomic E-state index is 13.3. The molecule has 3 saturated heterocycles. The van der Waals surface area contributed by atoms with Gasteiger partial charge in [0.1, 0.15) is 6.04 Å². The van der Waals surface area contributed by atoms with Crippen LogP contribution in [-0.2, 0) is 14.4 Å². The third-order valence-electron chi connectivity index (χ3n) is 5.69. The number of hydrogen-bond donors (Lipinski definition) is 3. The first kappa shape index (κ1) is 19.9. The summed E-state index contributed by atoms with van der Waals surface area (Å²) in [4.78, 5) is 40.6. The molecule has 7 nitrogen and oxygen atoms in total. The van der Waals surface area contributed by atoms with E-state index in [-0.39, 0.29) is 40.4 Å². The molecule has 3 fully saturated rings. The zero-order chi connectivity index (χ0) is 19.4. The second-order valence-electron chi connectivity index (χ2n) is 7.72. The van der Waals surface area contributed by atoms with Crippen LogP contribution in [0.3, 0.4) is 0 Å². The average molecular weight is 448 g/mol. The van der Waals surface area contributed by atoms with Crippen molar-refractivity contribution in [2.45, 2.75) is 60.1 Å². The number of halogens is 1. The summed E-state index contributed by atoms with van der Waals surface area (Å²) in [6.45, 7) is 5.27. The Hall–Kier alpha value is -0.800. The molecule has 2 bridgehead atoms. The first-order valence-corrected chi connectivity index (χ1v) is 10.8. The zero-order valence-corrected chi connectivity index (χ0v) is 17.8. The summed E-state index contributed by atoms with van der Waals surface area (Å²) in [6, 6.07) is -1.23. The topological polar surface area (TPSA) is 98.7 Å². The Morgan fingerprint density at radius 3 is 2.58 bits per heavy atom. The number of carbonyl (C=O) groups excluding carboxylic acids is 3. The number of aliphatic hydroxyl groups excluding tert-OH is 1. The van der Waals surface area contributed by atoms with Crippen molar-refractivity contribution in [1.82, 2.24) is 15.5 Å². The molecular weight excluding hydrogens is 422 g/mol. The number of likely N-dealkylation sites (tertiary alicyclic amines) is 1. The Morgan fingerprint density at radius 2 is 2.04 bits per heavy atom. The van der Waals surface area contributed by atoms with Gasteiger partial charge in [0.05, 0.1) is 29.2 Å². The van der Waals surface area contributed by atoms with E-state index in [1.165, 1.54) is 4.90 Å². The van der Waals surface area contributed by atoms with Crippen LogP contribution in [0.2, 0.25) is 0 Å². The Bertz CT molecular complexity index is 633. The molecular formula is C17H26BrN3O4S. The van der Waals surface area contributed by atoms with E-state index in [9.17, 15) is 19.5 Å². The van der Waals surface area contributed by atoms with Crippen molar-refractivity contribution in [3.8, 4) is 0 Å². The van der Waals surface area contributed by atoms with Crippen LogP contribution in [0.5, 0.6) is 0 Å². The van der Waals surface area contributed by atoms with Crippen LogP contribution in [0.1, 0.15) is 27.2 Å². The number of aliphatic hydroxyl groups is 1. The summed E-state index contributed by atoms with van der Waals surface area (Å²) in [7, 11) is 1.57. The average Bonchev–Trinajstić information content (AvgIpc) is 3.16. The molecule has 3 heterocycles. The van der Waals surface area contributed by atoms with Gasteiger partial charge in [-0.25, -0.2) is 0 Å². The summed E-state index contributed by atoms with van der Waals surface area (Å²) in [6.07, 6.45) is 0.650. The molecule has 3 unspecified atom stereocenters. The van der Waals surface area contributed by atoms with Crippen LogP contribution >= 0.6 is 27.7 Å². The summed E-state index contributed by atoms with van der Waals surface area (Å²) in [5.41, 5.74) is 0. The fourth-order valence-electron chi connectivity index (χ4n) is 4.76. The van der Waals surface area contributed by atoms with Crippen LogP contribution in [0.15, 0.2) is 0 Å². The fourth-order valence-corrected chi connectivity index (χ4v) is 8.36. The van der Waals surface area contributed by atoms with Gasteiger partial charge in [0, 0.05) is 23.2 Å². The van der Waals surface area contributed by atoms with Gasteiger partial charge in [0.25, 0.3) is 0 Å². The van der Waals surface area contributed by atoms with Crippen LogP contribution in [0.4, 0.5) is 0 Å². The van der Waals surface area contributed by atoms with E-state index in [0.717, 1.165) is 0 Å². The van der Waals surface area contributed by atoms with E-state index in [4.69, 9.17) is 0 Å². The minimum Gasteiger partial charge on any atom is -0.394 e. The smallest absolute Gasteiger partial charge is 0.244 e. The highest BCUT2D eigenvalue weighted by atomic mass is 79.9. The molecule has 26 heavy (non-hydrogen) atoms. The zero-order valence-electron chi connectivity index (χ0n) is 15.4. The van der Waals surface area contributed by atoms with E-state index in [2.05, 4.69) is 26.6 Å². The predicted molar refractivity (Wildman–Crippen MR) is 103 cm³/mol. The van der Waals surface area contributed by atoms with Crippen molar-refractivity contribution in [2.24, 2.45) is 11.8 Å². The molecule has 1 spiro atoms. The molecule has 7 atom stereocenters. The van der Waals surface area contributed by atoms with Gasteiger partial charge in [-0.3, -0.25) is 14.4 Å². The normalized spacial score (nSPS) is 39.3. The number of nitrogens with zero attached hydrogens (tertiary/aromatic N) is 1. The van der Waals surface area contributed by atoms with Crippen molar-refractivity contribution in [2.75, 3.05) is 13.7 Å². The summed E-state index contributed by atoms with van der Waals surface area (Å²) < 4.78 is -0.643. The molecule has 3 rings (SSSR count). The number of nitrogens with one attached hydrogen (secondary N) is 2. The minimum atomic E-state index is -0.686. The number of amides is 3. The molecule has 0 aromatic heterocycles. The lowest BCUT2D eigenvalue weighted by Gasteiger charge is -2.36. The molecule has 0 aliphatic carbocycles. The van der Waals surface area contributed by atoms with Crippen LogP contribution in [0, 0.1) is 11.8 Å². The van der Waals surface area contributed by atoms with Gasteiger partial charge < -0.3 is 20.6 Å². The number of thioether (sulfide) groups is 1. The van der Waals surface area contributed by atoms with Crippen molar-refractivity contribution in [3.63, 3.8) is 0 Å². The first-order chi connectivity index (χ1) is 12.2. The largest absolute Gasteiger partial charge is 0.394 e. The van der Waals surface area contributed by atoms with Gasteiger partial charge in [-0.05, 0) is 27.2 Å². The van der Waals surface area contributed by atoms with Crippen molar-refractivity contribution in [3.05, 3.63) is 0 Å². The quantitative estimate of drug-likeness (QED) is 0.519. The highest BCUT2D eigenvalue weighted by Gasteiger charge is 2.75. The van der Waals surface area contributed by atoms with E-state index in [0.29, 0.717) is 6.42 Å². The van der Waals surface area contributed by atoms with E-state index in [1.807, 2.05) is 13.8 Å². The van der Waals surface area contributed by atoms with Crippen LogP contribution < -0.4 is 10.6 Å². The molecule has 0 radical (unpaired) electrons. The first-order valence-electron chi connectivity index (χ1n) is 8.96.